The molecule has 0 radical (unpaired) electrons. The number of nitrogens with zero attached hydrogens (tertiary/aromatic N) is 6. The number of rotatable bonds is 5. The van der Waals surface area contributed by atoms with Crippen molar-refractivity contribution in [2.75, 3.05) is 64.0 Å². The van der Waals surface area contributed by atoms with E-state index in [0.717, 1.165) is 65.4 Å². The van der Waals surface area contributed by atoms with Crippen molar-refractivity contribution in [1.29, 1.82) is 0 Å². The third kappa shape index (κ3) is 5.45. The highest BCUT2D eigenvalue weighted by molar-refractivity contribution is 7.18. The van der Waals surface area contributed by atoms with E-state index in [-0.39, 0.29) is 5.91 Å². The molecule has 11 heteroatoms. The molecule has 2 saturated heterocycles. The molecule has 6 rings (SSSR count). The van der Waals surface area contributed by atoms with Gasteiger partial charge in [0.1, 0.15) is 22.9 Å². The van der Waals surface area contributed by atoms with Crippen molar-refractivity contribution in [2.24, 2.45) is 0 Å². The normalized spacial score (nSPS) is 16.7. The molecule has 0 unspecified atom stereocenters. The van der Waals surface area contributed by atoms with E-state index in [2.05, 4.69) is 31.9 Å². The van der Waals surface area contributed by atoms with Gasteiger partial charge in [0.25, 0.3) is 0 Å². The van der Waals surface area contributed by atoms with Crippen LogP contribution in [0.15, 0.2) is 30.6 Å². The smallest absolute Gasteiger partial charge is 0.248 e. The number of aliphatic hydroxyl groups is 1. The fourth-order valence-corrected chi connectivity index (χ4v) is 5.78. The molecule has 2 aliphatic rings. The molecule has 2 N–H and O–H groups in total. The van der Waals surface area contributed by atoms with Gasteiger partial charge in [0.15, 0.2) is 5.82 Å². The summed E-state index contributed by atoms with van der Waals surface area (Å²) in [5.41, 5.74) is 1.75. The van der Waals surface area contributed by atoms with Crippen LogP contribution in [0.25, 0.3) is 32.6 Å². The van der Waals surface area contributed by atoms with E-state index in [4.69, 9.17) is 19.8 Å². The predicted molar refractivity (Wildman–Crippen MR) is 146 cm³/mol. The lowest BCUT2D eigenvalue weighted by molar-refractivity contribution is -0.135. The first-order chi connectivity index (χ1) is 18.2. The quantitative estimate of drug-likeness (QED) is 0.411. The zero-order valence-electron chi connectivity index (χ0n) is 21.3. The van der Waals surface area contributed by atoms with Gasteiger partial charge in [0, 0.05) is 74.0 Å². The number of aromatic amines is 1. The Morgan fingerprint density at radius 1 is 1.11 bits per heavy atom. The van der Waals surface area contributed by atoms with E-state index < -0.39 is 6.61 Å². The van der Waals surface area contributed by atoms with Gasteiger partial charge in [-0.25, -0.2) is 15.0 Å². The first kappa shape index (κ1) is 25.5. The number of morpholine rings is 1. The van der Waals surface area contributed by atoms with Crippen molar-refractivity contribution < 1.29 is 14.6 Å². The number of amides is 1. The maximum absolute atomic E-state index is 11.8. The number of carbonyl (C=O) groups is 1. The van der Waals surface area contributed by atoms with Gasteiger partial charge in [-0.15, -0.1) is 11.3 Å². The minimum absolute atomic E-state index is 0.197. The molecular formula is C26H33N7O3S. The van der Waals surface area contributed by atoms with Gasteiger partial charge in [0.2, 0.25) is 5.91 Å². The molecular weight excluding hydrogens is 490 g/mol. The Bertz CT molecular complexity index is 1360. The van der Waals surface area contributed by atoms with Crippen molar-refractivity contribution in [3.63, 3.8) is 0 Å². The van der Waals surface area contributed by atoms with Crippen LogP contribution in [0.5, 0.6) is 0 Å². The Kier molecular flexibility index (Phi) is 7.94. The molecule has 0 spiro atoms. The number of fused-ring (bicyclic) bond motifs is 2. The molecule has 37 heavy (non-hydrogen) atoms. The summed E-state index contributed by atoms with van der Waals surface area (Å²) in [6.45, 7) is 10.2. The highest BCUT2D eigenvalue weighted by Gasteiger charge is 2.23. The Morgan fingerprint density at radius 3 is 2.65 bits per heavy atom. The number of piperazine rings is 1. The van der Waals surface area contributed by atoms with Crippen LogP contribution in [0.1, 0.15) is 18.7 Å². The minimum Gasteiger partial charge on any atom is -0.387 e. The lowest BCUT2D eigenvalue weighted by atomic mass is 10.2. The van der Waals surface area contributed by atoms with E-state index >= 15 is 0 Å². The molecule has 0 saturated carbocycles. The molecule has 10 nitrogen and oxygen atoms in total. The number of carbonyl (C=O) groups excluding carboxylic acids is 1. The molecule has 2 fully saturated rings. The molecule has 0 aliphatic carbocycles. The van der Waals surface area contributed by atoms with Crippen LogP contribution in [0.2, 0.25) is 0 Å². The average molecular weight is 524 g/mol. The summed E-state index contributed by atoms with van der Waals surface area (Å²) in [4.78, 5) is 38.0. The van der Waals surface area contributed by atoms with Crippen LogP contribution in [-0.4, -0.2) is 99.8 Å². The standard InChI is InChI=1S/C24H27N7O3S.C2H6/c32-15-20(33)30-5-3-29(4-6-30)14-18-12-19-23(31-7-9-34-10-8-31)27-22(28-24(19)35-18)17-11-16-1-2-25-21(16)26-13-17;1-2/h1-2,11-13,32H,3-10,14-15H2,(H,25,26);1-2H3. The van der Waals surface area contributed by atoms with Crippen LogP contribution >= 0.6 is 11.3 Å². The fraction of sp³-hybridized carbons (Fsp3) is 0.462. The Morgan fingerprint density at radius 2 is 1.89 bits per heavy atom. The molecule has 1 amide bonds. The summed E-state index contributed by atoms with van der Waals surface area (Å²) in [5.74, 6) is 1.43. The molecule has 0 atom stereocenters. The molecule has 0 bridgehead atoms. The molecule has 196 valence electrons. The summed E-state index contributed by atoms with van der Waals surface area (Å²) >= 11 is 1.70. The number of aromatic nitrogens is 4. The van der Waals surface area contributed by atoms with E-state index in [1.54, 1.807) is 16.2 Å². The number of hydrogen-bond donors (Lipinski definition) is 2. The average Bonchev–Trinajstić information content (AvgIpc) is 3.60. The van der Waals surface area contributed by atoms with Crippen molar-refractivity contribution in [2.45, 2.75) is 20.4 Å². The number of pyridine rings is 1. The number of H-pyrrole nitrogens is 1. The summed E-state index contributed by atoms with van der Waals surface area (Å²) in [7, 11) is 0. The number of anilines is 1. The SMILES string of the molecule is CC.O=C(CO)N1CCN(Cc2cc3c(N4CCOCC4)nc(-c4cnc5[nH]ccc5c4)nc3s2)CC1. The number of nitrogens with one attached hydrogen (secondary N) is 1. The third-order valence-electron chi connectivity index (χ3n) is 6.63. The van der Waals surface area contributed by atoms with Gasteiger partial charge >= 0.3 is 0 Å². The fourth-order valence-electron chi connectivity index (χ4n) is 4.72. The maximum atomic E-state index is 11.8. The maximum Gasteiger partial charge on any atom is 0.248 e. The van der Waals surface area contributed by atoms with Crippen LogP contribution in [0.3, 0.4) is 0 Å². The predicted octanol–water partition coefficient (Wildman–Crippen LogP) is 2.73. The first-order valence-electron chi connectivity index (χ1n) is 12.9. The summed E-state index contributed by atoms with van der Waals surface area (Å²) < 4.78 is 5.58. The van der Waals surface area contributed by atoms with Crippen molar-refractivity contribution in [3.05, 3.63) is 35.5 Å². The number of thiophene rings is 1. The Balaban J connectivity index is 0.00000137. The highest BCUT2D eigenvalue weighted by atomic mass is 32.1. The second-order valence-corrected chi connectivity index (χ2v) is 9.97. The first-order valence-corrected chi connectivity index (χ1v) is 13.7. The zero-order valence-corrected chi connectivity index (χ0v) is 22.1. The minimum atomic E-state index is -0.422. The third-order valence-corrected chi connectivity index (χ3v) is 7.65. The largest absolute Gasteiger partial charge is 0.387 e. The lowest BCUT2D eigenvalue weighted by Crippen LogP contribution is -2.49. The highest BCUT2D eigenvalue weighted by Crippen LogP contribution is 2.34. The van der Waals surface area contributed by atoms with E-state index in [1.807, 2.05) is 32.3 Å². The number of ether oxygens (including phenoxy) is 1. The van der Waals surface area contributed by atoms with Crippen molar-refractivity contribution >= 4 is 44.3 Å². The Labute approximate surface area is 219 Å². The monoisotopic (exact) mass is 523 g/mol. The van der Waals surface area contributed by atoms with Crippen molar-refractivity contribution in [3.8, 4) is 11.4 Å². The van der Waals surface area contributed by atoms with Gasteiger partial charge in [-0.2, -0.15) is 0 Å². The van der Waals surface area contributed by atoms with Gasteiger partial charge in [0.05, 0.1) is 18.6 Å². The molecule has 0 aromatic carbocycles. The number of aliphatic hydroxyl groups excluding tert-OH is 1. The summed E-state index contributed by atoms with van der Waals surface area (Å²) in [6, 6.07) is 6.29. The summed E-state index contributed by atoms with van der Waals surface area (Å²) in [5, 5.41) is 11.2. The summed E-state index contributed by atoms with van der Waals surface area (Å²) in [6.07, 6.45) is 3.71. The van der Waals surface area contributed by atoms with Gasteiger partial charge < -0.3 is 24.6 Å². The number of hydrogen-bond acceptors (Lipinski definition) is 9. The van der Waals surface area contributed by atoms with Crippen LogP contribution in [-0.2, 0) is 16.1 Å². The second-order valence-electron chi connectivity index (χ2n) is 8.86. The molecule has 4 aromatic heterocycles. The lowest BCUT2D eigenvalue weighted by Gasteiger charge is -2.34. The topological polar surface area (TPSA) is 111 Å². The van der Waals surface area contributed by atoms with E-state index in [0.29, 0.717) is 32.1 Å². The van der Waals surface area contributed by atoms with Crippen molar-refractivity contribution in [1.82, 2.24) is 29.7 Å². The molecule has 4 aromatic rings. The second kappa shape index (κ2) is 11.5. The molecule has 2 aliphatic heterocycles. The molecule has 6 heterocycles. The van der Waals surface area contributed by atoms with Gasteiger partial charge in [-0.1, -0.05) is 13.8 Å². The Hall–Kier alpha value is -3.12. The van der Waals surface area contributed by atoms with Crippen LogP contribution < -0.4 is 4.90 Å². The van der Waals surface area contributed by atoms with E-state index in [1.165, 1.54) is 4.88 Å². The zero-order chi connectivity index (χ0) is 25.8. The van der Waals surface area contributed by atoms with Crippen LogP contribution in [0.4, 0.5) is 5.82 Å². The van der Waals surface area contributed by atoms with Crippen LogP contribution in [0, 0.1) is 0 Å². The van der Waals surface area contributed by atoms with Gasteiger partial charge in [-0.05, 0) is 18.2 Å². The van der Waals surface area contributed by atoms with E-state index in [9.17, 15) is 4.79 Å². The van der Waals surface area contributed by atoms with Gasteiger partial charge in [-0.3, -0.25) is 9.69 Å².